The van der Waals surface area contributed by atoms with E-state index in [1.54, 1.807) is 0 Å². The molecule has 1 aliphatic heterocycles. The average molecular weight is 291 g/mol. The normalized spacial score (nSPS) is 18.7. The highest BCUT2D eigenvalue weighted by Gasteiger charge is 2.17. The van der Waals surface area contributed by atoms with Crippen molar-refractivity contribution in [2.24, 2.45) is 0 Å². The van der Waals surface area contributed by atoms with Gasteiger partial charge in [-0.15, -0.1) is 0 Å². The first-order chi connectivity index (χ1) is 10.1. The molecular formula is C16H25N3O2. The van der Waals surface area contributed by atoms with Crippen molar-refractivity contribution >= 4 is 17.3 Å². The lowest BCUT2D eigenvalue weighted by Gasteiger charge is -2.27. The number of benzene rings is 1. The van der Waals surface area contributed by atoms with Crippen LogP contribution >= 0.6 is 0 Å². The van der Waals surface area contributed by atoms with Crippen molar-refractivity contribution in [2.75, 3.05) is 37.8 Å². The summed E-state index contributed by atoms with van der Waals surface area (Å²) in [4.78, 5) is 14.1. The zero-order valence-corrected chi connectivity index (χ0v) is 12.9. The summed E-state index contributed by atoms with van der Waals surface area (Å²) >= 11 is 0. The standard InChI is InChI=1S/C16H25N3O2/c1-12-14(17)7-5-8-15(12)18-16(20)11-19(2)10-13-6-3-4-9-21-13/h5,7-8,13H,3-4,6,9-11,17H2,1-2H3,(H,18,20). The summed E-state index contributed by atoms with van der Waals surface area (Å²) in [6.45, 7) is 3.90. The Hall–Kier alpha value is -1.59. The Morgan fingerprint density at radius 2 is 2.29 bits per heavy atom. The third-order valence-electron chi connectivity index (χ3n) is 3.85. The Labute approximate surface area is 126 Å². The van der Waals surface area contributed by atoms with Gasteiger partial charge in [-0.3, -0.25) is 9.69 Å². The van der Waals surface area contributed by atoms with Gasteiger partial charge in [0, 0.05) is 24.5 Å². The van der Waals surface area contributed by atoms with Crippen LogP contribution in [0.2, 0.25) is 0 Å². The number of hydrogen-bond donors (Lipinski definition) is 2. The van der Waals surface area contributed by atoms with Crippen LogP contribution in [0.5, 0.6) is 0 Å². The summed E-state index contributed by atoms with van der Waals surface area (Å²) in [5.41, 5.74) is 8.22. The van der Waals surface area contributed by atoms with Gasteiger partial charge in [0.25, 0.3) is 0 Å². The SMILES string of the molecule is Cc1c(N)cccc1NC(=O)CN(C)CC1CCCCO1. The van der Waals surface area contributed by atoms with Crippen LogP contribution in [0.15, 0.2) is 18.2 Å². The average Bonchev–Trinajstić information content (AvgIpc) is 2.44. The molecule has 1 heterocycles. The zero-order chi connectivity index (χ0) is 15.2. The van der Waals surface area contributed by atoms with Gasteiger partial charge in [0.05, 0.1) is 12.6 Å². The van der Waals surface area contributed by atoms with Crippen LogP contribution in [0.1, 0.15) is 24.8 Å². The summed E-state index contributed by atoms with van der Waals surface area (Å²) in [5.74, 6) is -0.0259. The number of nitrogens with zero attached hydrogens (tertiary/aromatic N) is 1. The monoisotopic (exact) mass is 291 g/mol. The summed E-state index contributed by atoms with van der Waals surface area (Å²) in [6.07, 6.45) is 3.70. The number of amides is 1. The van der Waals surface area contributed by atoms with Gasteiger partial charge in [-0.1, -0.05) is 6.07 Å². The van der Waals surface area contributed by atoms with Crippen LogP contribution < -0.4 is 11.1 Å². The number of nitrogens with two attached hydrogens (primary N) is 1. The Morgan fingerprint density at radius 3 is 3.00 bits per heavy atom. The fraction of sp³-hybridized carbons (Fsp3) is 0.562. The first kappa shape index (κ1) is 15.8. The Kier molecular flexibility index (Phi) is 5.59. The molecule has 0 spiro atoms. The van der Waals surface area contributed by atoms with E-state index < -0.39 is 0 Å². The van der Waals surface area contributed by atoms with Crippen LogP contribution in [0, 0.1) is 6.92 Å². The molecule has 5 nitrogen and oxygen atoms in total. The lowest BCUT2D eigenvalue weighted by Crippen LogP contribution is -2.38. The number of nitrogen functional groups attached to an aromatic ring is 1. The molecule has 1 aliphatic rings. The molecule has 1 aromatic rings. The fourth-order valence-electron chi connectivity index (χ4n) is 2.59. The molecule has 1 atom stereocenters. The quantitative estimate of drug-likeness (QED) is 0.814. The minimum atomic E-state index is -0.0259. The first-order valence-corrected chi connectivity index (χ1v) is 7.51. The van der Waals surface area contributed by atoms with Gasteiger partial charge in [-0.05, 0) is 50.9 Å². The second kappa shape index (κ2) is 7.43. The lowest BCUT2D eigenvalue weighted by atomic mass is 10.1. The van der Waals surface area contributed by atoms with Gasteiger partial charge in [0.1, 0.15) is 0 Å². The van der Waals surface area contributed by atoms with E-state index >= 15 is 0 Å². The van der Waals surface area contributed by atoms with Gasteiger partial charge in [-0.25, -0.2) is 0 Å². The van der Waals surface area contributed by atoms with E-state index in [-0.39, 0.29) is 12.0 Å². The zero-order valence-electron chi connectivity index (χ0n) is 12.9. The van der Waals surface area contributed by atoms with Crippen LogP contribution in [0.25, 0.3) is 0 Å². The number of anilines is 2. The summed E-state index contributed by atoms with van der Waals surface area (Å²) < 4.78 is 5.69. The molecule has 0 aromatic heterocycles. The summed E-state index contributed by atoms with van der Waals surface area (Å²) in [6, 6.07) is 5.54. The van der Waals surface area contributed by atoms with Crippen molar-refractivity contribution in [1.82, 2.24) is 4.90 Å². The van der Waals surface area contributed by atoms with E-state index in [1.807, 2.05) is 37.1 Å². The lowest BCUT2D eigenvalue weighted by molar-refractivity contribution is -0.117. The third kappa shape index (κ3) is 4.72. The van der Waals surface area contributed by atoms with Crippen molar-refractivity contribution < 1.29 is 9.53 Å². The molecule has 1 aromatic carbocycles. The van der Waals surface area contributed by atoms with Gasteiger partial charge in [0.15, 0.2) is 0 Å². The van der Waals surface area contributed by atoms with Crippen molar-refractivity contribution in [1.29, 1.82) is 0 Å². The third-order valence-corrected chi connectivity index (χ3v) is 3.85. The van der Waals surface area contributed by atoms with Crippen LogP contribution in [-0.2, 0) is 9.53 Å². The molecule has 1 saturated heterocycles. The molecule has 0 aliphatic carbocycles. The van der Waals surface area contributed by atoms with Crippen LogP contribution in [0.4, 0.5) is 11.4 Å². The maximum Gasteiger partial charge on any atom is 0.238 e. The van der Waals surface area contributed by atoms with E-state index in [4.69, 9.17) is 10.5 Å². The molecular weight excluding hydrogens is 266 g/mol. The molecule has 1 unspecified atom stereocenters. The minimum absolute atomic E-state index is 0.0259. The molecule has 1 fully saturated rings. The Balaban J connectivity index is 1.82. The molecule has 5 heteroatoms. The predicted molar refractivity (Wildman–Crippen MR) is 85.3 cm³/mol. The number of carbonyl (C=O) groups excluding carboxylic acids is 1. The van der Waals surface area contributed by atoms with E-state index in [0.29, 0.717) is 12.2 Å². The van der Waals surface area contributed by atoms with Gasteiger partial charge in [-0.2, -0.15) is 0 Å². The highest BCUT2D eigenvalue weighted by Crippen LogP contribution is 2.20. The molecule has 0 radical (unpaired) electrons. The number of carbonyl (C=O) groups is 1. The number of ether oxygens (including phenoxy) is 1. The highest BCUT2D eigenvalue weighted by molar-refractivity contribution is 5.93. The van der Waals surface area contributed by atoms with Crippen LogP contribution in [0.3, 0.4) is 0 Å². The fourth-order valence-corrected chi connectivity index (χ4v) is 2.59. The second-order valence-corrected chi connectivity index (χ2v) is 5.75. The smallest absolute Gasteiger partial charge is 0.238 e. The van der Waals surface area contributed by atoms with Gasteiger partial charge in [0.2, 0.25) is 5.91 Å². The largest absolute Gasteiger partial charge is 0.398 e. The first-order valence-electron chi connectivity index (χ1n) is 7.51. The molecule has 21 heavy (non-hydrogen) atoms. The number of rotatable bonds is 5. The van der Waals surface area contributed by atoms with E-state index in [2.05, 4.69) is 5.32 Å². The molecule has 0 saturated carbocycles. The van der Waals surface area contributed by atoms with Crippen molar-refractivity contribution in [2.45, 2.75) is 32.3 Å². The van der Waals surface area contributed by atoms with Crippen LogP contribution in [-0.4, -0.2) is 43.7 Å². The topological polar surface area (TPSA) is 67.6 Å². The maximum absolute atomic E-state index is 12.1. The predicted octanol–water partition coefficient (Wildman–Crippen LogP) is 2.02. The number of hydrogen-bond acceptors (Lipinski definition) is 4. The number of likely N-dealkylation sites (N-methyl/N-ethyl adjacent to an activating group) is 1. The Bertz CT molecular complexity index is 484. The summed E-state index contributed by atoms with van der Waals surface area (Å²) in [7, 11) is 1.95. The molecule has 1 amide bonds. The van der Waals surface area contributed by atoms with Gasteiger partial charge < -0.3 is 15.8 Å². The van der Waals surface area contributed by atoms with E-state index in [0.717, 1.165) is 37.2 Å². The van der Waals surface area contributed by atoms with E-state index in [9.17, 15) is 4.79 Å². The van der Waals surface area contributed by atoms with Crippen molar-refractivity contribution in [3.63, 3.8) is 0 Å². The summed E-state index contributed by atoms with van der Waals surface area (Å²) in [5, 5.41) is 2.92. The van der Waals surface area contributed by atoms with Crippen molar-refractivity contribution in [3.05, 3.63) is 23.8 Å². The minimum Gasteiger partial charge on any atom is -0.398 e. The Morgan fingerprint density at radius 1 is 1.48 bits per heavy atom. The molecule has 3 N–H and O–H groups in total. The van der Waals surface area contributed by atoms with E-state index in [1.165, 1.54) is 6.42 Å². The highest BCUT2D eigenvalue weighted by atomic mass is 16.5. The van der Waals surface area contributed by atoms with Crippen molar-refractivity contribution in [3.8, 4) is 0 Å². The molecule has 2 rings (SSSR count). The number of nitrogens with one attached hydrogen (secondary N) is 1. The molecule has 0 bridgehead atoms. The molecule has 116 valence electrons. The second-order valence-electron chi connectivity index (χ2n) is 5.75. The maximum atomic E-state index is 12.1. The van der Waals surface area contributed by atoms with Gasteiger partial charge >= 0.3 is 0 Å².